The molecule has 1 heterocycles. The van der Waals surface area contributed by atoms with Crippen LogP contribution in [0.25, 0.3) is 0 Å². The summed E-state index contributed by atoms with van der Waals surface area (Å²) in [5.74, 6) is 2.25. The first kappa shape index (κ1) is 22.9. The highest BCUT2D eigenvalue weighted by Crippen LogP contribution is 2.47. The van der Waals surface area contributed by atoms with Gasteiger partial charge in [-0.15, -0.1) is 0 Å². The third-order valence-corrected chi connectivity index (χ3v) is 8.28. The van der Waals surface area contributed by atoms with Crippen molar-refractivity contribution in [3.63, 3.8) is 0 Å². The number of ether oxygens (including phenoxy) is 1. The molecule has 0 amide bonds. The summed E-state index contributed by atoms with van der Waals surface area (Å²) in [6.45, 7) is 4.52. The van der Waals surface area contributed by atoms with Gasteiger partial charge in [0, 0.05) is 42.5 Å². The van der Waals surface area contributed by atoms with Gasteiger partial charge in [-0.2, -0.15) is 0 Å². The van der Waals surface area contributed by atoms with E-state index in [0.717, 1.165) is 37.1 Å². The van der Waals surface area contributed by atoms with Crippen molar-refractivity contribution in [3.8, 4) is 17.2 Å². The maximum absolute atomic E-state index is 11.8. The van der Waals surface area contributed by atoms with Crippen LogP contribution in [0.3, 0.4) is 0 Å². The van der Waals surface area contributed by atoms with E-state index in [1.165, 1.54) is 18.7 Å². The van der Waals surface area contributed by atoms with E-state index in [-0.39, 0.29) is 28.4 Å². The molecular formula is C25H33NO5S. The molecule has 0 spiro atoms. The lowest BCUT2D eigenvalue weighted by molar-refractivity contribution is 0.136. The molecule has 4 rings (SSSR count). The Labute approximate surface area is 190 Å². The van der Waals surface area contributed by atoms with Gasteiger partial charge in [0.05, 0.1) is 4.90 Å². The maximum Gasteiger partial charge on any atom is 0.175 e. The van der Waals surface area contributed by atoms with Crippen LogP contribution in [-0.2, 0) is 16.3 Å². The zero-order valence-electron chi connectivity index (χ0n) is 19.0. The first-order valence-corrected chi connectivity index (χ1v) is 13.2. The molecule has 2 N–H and O–H groups in total. The molecule has 32 heavy (non-hydrogen) atoms. The highest BCUT2D eigenvalue weighted by Gasteiger charge is 2.38. The van der Waals surface area contributed by atoms with Gasteiger partial charge in [0.1, 0.15) is 23.4 Å². The van der Waals surface area contributed by atoms with Crippen molar-refractivity contribution in [3.05, 3.63) is 47.5 Å². The lowest BCUT2D eigenvalue weighted by Gasteiger charge is -2.25. The van der Waals surface area contributed by atoms with Gasteiger partial charge < -0.3 is 19.8 Å². The van der Waals surface area contributed by atoms with E-state index in [1.54, 1.807) is 30.3 Å². The molecule has 7 heteroatoms. The van der Waals surface area contributed by atoms with Crippen molar-refractivity contribution >= 4 is 9.84 Å². The monoisotopic (exact) mass is 459 g/mol. The van der Waals surface area contributed by atoms with E-state index >= 15 is 0 Å². The van der Waals surface area contributed by atoms with E-state index in [2.05, 4.69) is 18.9 Å². The molecule has 1 aliphatic carbocycles. The van der Waals surface area contributed by atoms with Gasteiger partial charge in [0.25, 0.3) is 0 Å². The van der Waals surface area contributed by atoms with Crippen LogP contribution >= 0.6 is 0 Å². The Hall–Kier alpha value is -2.25. The summed E-state index contributed by atoms with van der Waals surface area (Å²) in [6, 6.07) is 9.52. The summed E-state index contributed by atoms with van der Waals surface area (Å²) >= 11 is 0. The SMILES string of the molecule is CCC1CN(C)CC1CCC1Cc2c(O)cc(O)cc2C1Oc1ccc(S(C)(=O)=O)cc1. The molecule has 2 aromatic carbocycles. The predicted octanol–water partition coefficient (Wildman–Crippen LogP) is 4.16. The van der Waals surface area contributed by atoms with Gasteiger partial charge >= 0.3 is 0 Å². The summed E-state index contributed by atoms with van der Waals surface area (Å²) < 4.78 is 29.9. The van der Waals surface area contributed by atoms with Crippen LogP contribution in [0.2, 0.25) is 0 Å². The van der Waals surface area contributed by atoms with E-state index in [9.17, 15) is 18.6 Å². The topological polar surface area (TPSA) is 87.1 Å². The van der Waals surface area contributed by atoms with E-state index in [4.69, 9.17) is 4.74 Å². The first-order valence-electron chi connectivity index (χ1n) is 11.4. The fourth-order valence-corrected chi connectivity index (χ4v) is 6.11. The molecule has 4 atom stereocenters. The summed E-state index contributed by atoms with van der Waals surface area (Å²) in [7, 11) is -1.09. The smallest absolute Gasteiger partial charge is 0.175 e. The minimum Gasteiger partial charge on any atom is -0.508 e. The van der Waals surface area contributed by atoms with Gasteiger partial charge in [0.2, 0.25) is 0 Å². The van der Waals surface area contributed by atoms with Crippen LogP contribution in [-0.4, -0.2) is 49.9 Å². The van der Waals surface area contributed by atoms with E-state index in [1.807, 2.05) is 0 Å². The molecule has 1 saturated heterocycles. The Kier molecular flexibility index (Phi) is 6.41. The molecule has 0 aromatic heterocycles. The van der Waals surface area contributed by atoms with E-state index in [0.29, 0.717) is 24.0 Å². The van der Waals surface area contributed by atoms with Crippen LogP contribution in [0.5, 0.6) is 17.2 Å². The normalized spacial score (nSPS) is 25.7. The number of aromatic hydroxyl groups is 2. The number of nitrogens with zero attached hydrogens (tertiary/aromatic N) is 1. The lowest BCUT2D eigenvalue weighted by Crippen LogP contribution is -2.18. The number of sulfone groups is 1. The fraction of sp³-hybridized carbons (Fsp3) is 0.520. The molecule has 2 aromatic rings. The fourth-order valence-electron chi connectivity index (χ4n) is 5.48. The molecule has 2 aliphatic rings. The third-order valence-electron chi connectivity index (χ3n) is 7.15. The number of phenolic OH excluding ortho intramolecular Hbond substituents is 2. The van der Waals surface area contributed by atoms with Crippen molar-refractivity contribution in [2.24, 2.45) is 17.8 Å². The van der Waals surface area contributed by atoms with Crippen molar-refractivity contribution in [1.82, 2.24) is 4.90 Å². The highest BCUT2D eigenvalue weighted by atomic mass is 32.2. The Morgan fingerprint density at radius 1 is 1.03 bits per heavy atom. The average Bonchev–Trinajstić information content (AvgIpc) is 3.26. The molecule has 174 valence electrons. The molecule has 0 radical (unpaired) electrons. The second-order valence-corrected chi connectivity index (χ2v) is 11.5. The Bertz CT molecular complexity index is 1070. The Morgan fingerprint density at radius 2 is 1.69 bits per heavy atom. The lowest BCUT2D eigenvalue weighted by atomic mass is 9.85. The number of likely N-dealkylation sites (tertiary alicyclic amines) is 1. The largest absolute Gasteiger partial charge is 0.508 e. The van der Waals surface area contributed by atoms with Gasteiger partial charge in [-0.1, -0.05) is 13.3 Å². The number of hydrogen-bond donors (Lipinski definition) is 2. The summed E-state index contributed by atoms with van der Waals surface area (Å²) in [5.41, 5.74) is 1.65. The van der Waals surface area contributed by atoms with Crippen LogP contribution in [0.1, 0.15) is 43.4 Å². The zero-order valence-corrected chi connectivity index (χ0v) is 19.8. The number of fused-ring (bicyclic) bond motifs is 1. The summed E-state index contributed by atoms with van der Waals surface area (Å²) in [4.78, 5) is 2.66. The van der Waals surface area contributed by atoms with Gasteiger partial charge in [-0.3, -0.25) is 0 Å². The molecule has 4 unspecified atom stereocenters. The Balaban J connectivity index is 1.56. The average molecular weight is 460 g/mol. The number of phenols is 2. The van der Waals surface area contributed by atoms with Crippen molar-refractivity contribution in [2.45, 2.75) is 43.6 Å². The molecule has 0 saturated carbocycles. The minimum absolute atomic E-state index is 0.0198. The minimum atomic E-state index is -3.27. The molecule has 6 nitrogen and oxygen atoms in total. The third kappa shape index (κ3) is 4.74. The molecule has 1 fully saturated rings. The summed E-state index contributed by atoms with van der Waals surface area (Å²) in [6.07, 6.45) is 4.83. The van der Waals surface area contributed by atoms with Crippen molar-refractivity contribution in [1.29, 1.82) is 0 Å². The van der Waals surface area contributed by atoms with Crippen LogP contribution in [0.4, 0.5) is 0 Å². The number of rotatable bonds is 7. The van der Waals surface area contributed by atoms with Gasteiger partial charge in [-0.25, -0.2) is 8.42 Å². The second-order valence-electron chi connectivity index (χ2n) is 9.51. The van der Waals surface area contributed by atoms with Gasteiger partial charge in [-0.05, 0) is 68.5 Å². The van der Waals surface area contributed by atoms with Crippen LogP contribution in [0.15, 0.2) is 41.3 Å². The van der Waals surface area contributed by atoms with Gasteiger partial charge in [0.15, 0.2) is 9.84 Å². The first-order chi connectivity index (χ1) is 15.2. The van der Waals surface area contributed by atoms with Crippen LogP contribution < -0.4 is 4.74 Å². The molecular weight excluding hydrogens is 426 g/mol. The number of benzene rings is 2. The zero-order chi connectivity index (χ0) is 23.0. The summed E-state index contributed by atoms with van der Waals surface area (Å²) in [5, 5.41) is 20.5. The standard InChI is InChI=1S/C25H33NO5S/c1-4-16-14-26(2)15-18(16)6-5-17-11-22-23(12-19(27)13-24(22)28)25(17)31-20-7-9-21(10-8-20)32(3,29)30/h7-10,12-13,16-18,25,27-28H,4-6,11,14-15H2,1-3H3. The molecule has 1 aliphatic heterocycles. The van der Waals surface area contributed by atoms with Crippen LogP contribution in [0, 0.1) is 17.8 Å². The molecule has 0 bridgehead atoms. The maximum atomic E-state index is 11.8. The highest BCUT2D eigenvalue weighted by molar-refractivity contribution is 7.90. The second kappa shape index (κ2) is 8.94. The van der Waals surface area contributed by atoms with Crippen molar-refractivity contribution < 1.29 is 23.4 Å². The quantitative estimate of drug-likeness (QED) is 0.647. The predicted molar refractivity (Wildman–Crippen MR) is 124 cm³/mol. The van der Waals surface area contributed by atoms with E-state index < -0.39 is 9.84 Å². The Morgan fingerprint density at radius 3 is 2.34 bits per heavy atom. The van der Waals surface area contributed by atoms with Crippen molar-refractivity contribution in [2.75, 3.05) is 26.4 Å². The number of hydrogen-bond acceptors (Lipinski definition) is 6.